The van der Waals surface area contributed by atoms with Crippen LogP contribution in [0.5, 0.6) is 0 Å². The first-order chi connectivity index (χ1) is 9.83. The Balaban J connectivity index is 1.87. The molecule has 0 spiro atoms. The van der Waals surface area contributed by atoms with E-state index in [4.69, 9.17) is 5.11 Å². The predicted octanol–water partition coefficient (Wildman–Crippen LogP) is 2.89. The number of aromatic nitrogens is 1. The molecule has 0 radical (unpaired) electrons. The number of aliphatic hydroxyl groups excluding tert-OH is 1. The summed E-state index contributed by atoms with van der Waals surface area (Å²) in [4.78, 5) is 4.68. The van der Waals surface area contributed by atoms with Gasteiger partial charge in [0.25, 0.3) is 0 Å². The van der Waals surface area contributed by atoms with E-state index >= 15 is 0 Å². The quantitative estimate of drug-likeness (QED) is 0.735. The standard InChI is InChI=1S/C16H22N2OS/c1-2-13-4-6-14(7-5-13)15-12-20-16(18-15)8-10-17-9-3-11-19/h4-7,12,17,19H,2-3,8-11H2,1H3. The van der Waals surface area contributed by atoms with Gasteiger partial charge in [-0.25, -0.2) is 4.98 Å². The number of aryl methyl sites for hydroxylation is 1. The predicted molar refractivity (Wildman–Crippen MR) is 85.2 cm³/mol. The maximum absolute atomic E-state index is 8.70. The zero-order valence-corrected chi connectivity index (χ0v) is 12.7. The molecule has 0 aliphatic carbocycles. The van der Waals surface area contributed by atoms with Crippen LogP contribution in [0.1, 0.15) is 23.9 Å². The molecular weight excluding hydrogens is 268 g/mol. The molecule has 4 heteroatoms. The number of benzene rings is 1. The average Bonchev–Trinajstić information content (AvgIpc) is 2.96. The van der Waals surface area contributed by atoms with Crippen molar-refractivity contribution in [2.45, 2.75) is 26.2 Å². The van der Waals surface area contributed by atoms with Crippen molar-refractivity contribution in [3.05, 3.63) is 40.2 Å². The highest BCUT2D eigenvalue weighted by Gasteiger charge is 2.04. The van der Waals surface area contributed by atoms with Crippen molar-refractivity contribution in [3.8, 4) is 11.3 Å². The molecular formula is C16H22N2OS. The Morgan fingerprint density at radius 3 is 2.70 bits per heavy atom. The van der Waals surface area contributed by atoms with E-state index in [0.717, 1.165) is 43.1 Å². The molecule has 1 aromatic heterocycles. The Kier molecular flexibility index (Phi) is 6.18. The summed E-state index contributed by atoms with van der Waals surface area (Å²) >= 11 is 1.72. The van der Waals surface area contributed by atoms with Gasteiger partial charge in [0, 0.05) is 30.5 Å². The normalized spacial score (nSPS) is 10.9. The Morgan fingerprint density at radius 1 is 1.20 bits per heavy atom. The Morgan fingerprint density at radius 2 is 2.00 bits per heavy atom. The van der Waals surface area contributed by atoms with Gasteiger partial charge in [0.15, 0.2) is 0 Å². The second kappa shape index (κ2) is 8.15. The van der Waals surface area contributed by atoms with E-state index in [0.29, 0.717) is 0 Å². The van der Waals surface area contributed by atoms with Crippen molar-refractivity contribution in [1.82, 2.24) is 10.3 Å². The number of aliphatic hydroxyl groups is 1. The molecule has 20 heavy (non-hydrogen) atoms. The van der Waals surface area contributed by atoms with Crippen LogP contribution in [0.25, 0.3) is 11.3 Å². The lowest BCUT2D eigenvalue weighted by atomic mass is 10.1. The van der Waals surface area contributed by atoms with E-state index in [1.54, 1.807) is 11.3 Å². The van der Waals surface area contributed by atoms with Crippen molar-refractivity contribution in [2.24, 2.45) is 0 Å². The van der Waals surface area contributed by atoms with E-state index in [-0.39, 0.29) is 6.61 Å². The van der Waals surface area contributed by atoms with Crippen LogP contribution >= 0.6 is 11.3 Å². The topological polar surface area (TPSA) is 45.1 Å². The van der Waals surface area contributed by atoms with Gasteiger partial charge in [-0.2, -0.15) is 0 Å². The van der Waals surface area contributed by atoms with Crippen LogP contribution in [0.15, 0.2) is 29.6 Å². The van der Waals surface area contributed by atoms with Gasteiger partial charge in [-0.15, -0.1) is 11.3 Å². The van der Waals surface area contributed by atoms with Gasteiger partial charge in [0.2, 0.25) is 0 Å². The molecule has 0 bridgehead atoms. The van der Waals surface area contributed by atoms with Crippen molar-refractivity contribution < 1.29 is 5.11 Å². The highest BCUT2D eigenvalue weighted by atomic mass is 32.1. The second-order valence-electron chi connectivity index (χ2n) is 4.75. The smallest absolute Gasteiger partial charge is 0.0945 e. The maximum atomic E-state index is 8.70. The molecule has 0 saturated heterocycles. The van der Waals surface area contributed by atoms with Gasteiger partial charge in [-0.1, -0.05) is 31.2 Å². The zero-order valence-electron chi connectivity index (χ0n) is 11.9. The van der Waals surface area contributed by atoms with Crippen molar-refractivity contribution in [3.63, 3.8) is 0 Å². The minimum atomic E-state index is 0.252. The molecule has 1 aromatic carbocycles. The van der Waals surface area contributed by atoms with Gasteiger partial charge in [0.05, 0.1) is 10.7 Å². The molecule has 1 heterocycles. The van der Waals surface area contributed by atoms with Crippen LogP contribution in [0, 0.1) is 0 Å². The first kappa shape index (κ1) is 15.2. The van der Waals surface area contributed by atoms with Gasteiger partial charge < -0.3 is 10.4 Å². The summed E-state index contributed by atoms with van der Waals surface area (Å²) in [5, 5.41) is 15.3. The average molecular weight is 290 g/mol. The number of nitrogens with zero attached hydrogens (tertiary/aromatic N) is 1. The lowest BCUT2D eigenvalue weighted by Crippen LogP contribution is -2.19. The van der Waals surface area contributed by atoms with Gasteiger partial charge in [0.1, 0.15) is 0 Å². The van der Waals surface area contributed by atoms with Gasteiger partial charge in [-0.3, -0.25) is 0 Å². The fourth-order valence-electron chi connectivity index (χ4n) is 1.99. The molecule has 3 nitrogen and oxygen atoms in total. The van der Waals surface area contributed by atoms with Crippen molar-refractivity contribution >= 4 is 11.3 Å². The summed E-state index contributed by atoms with van der Waals surface area (Å²) in [6.07, 6.45) is 2.83. The number of rotatable bonds is 8. The number of nitrogens with one attached hydrogen (secondary N) is 1. The van der Waals surface area contributed by atoms with Crippen LogP contribution in [0.3, 0.4) is 0 Å². The summed E-state index contributed by atoms with van der Waals surface area (Å²) in [7, 11) is 0. The van der Waals surface area contributed by atoms with E-state index < -0.39 is 0 Å². The molecule has 0 aliphatic rings. The molecule has 0 unspecified atom stereocenters. The Labute approximate surface area is 124 Å². The monoisotopic (exact) mass is 290 g/mol. The third-order valence-electron chi connectivity index (χ3n) is 3.24. The van der Waals surface area contributed by atoms with Crippen LogP contribution in [0.2, 0.25) is 0 Å². The first-order valence-electron chi connectivity index (χ1n) is 7.18. The van der Waals surface area contributed by atoms with E-state index in [2.05, 4.69) is 46.9 Å². The maximum Gasteiger partial charge on any atom is 0.0945 e. The SMILES string of the molecule is CCc1ccc(-c2csc(CCNCCCO)n2)cc1. The largest absolute Gasteiger partial charge is 0.396 e. The highest BCUT2D eigenvalue weighted by Crippen LogP contribution is 2.22. The molecule has 0 amide bonds. The van der Waals surface area contributed by atoms with Crippen molar-refractivity contribution in [1.29, 1.82) is 0 Å². The third kappa shape index (κ3) is 4.40. The number of hydrogen-bond acceptors (Lipinski definition) is 4. The van der Waals surface area contributed by atoms with E-state index in [1.807, 2.05) is 0 Å². The fourth-order valence-corrected chi connectivity index (χ4v) is 2.80. The number of hydrogen-bond donors (Lipinski definition) is 2. The Hall–Kier alpha value is -1.23. The van der Waals surface area contributed by atoms with Gasteiger partial charge >= 0.3 is 0 Å². The zero-order chi connectivity index (χ0) is 14.2. The molecule has 0 aliphatic heterocycles. The van der Waals surface area contributed by atoms with Crippen LogP contribution < -0.4 is 5.32 Å². The van der Waals surface area contributed by atoms with E-state index in [1.165, 1.54) is 11.1 Å². The molecule has 2 aromatic rings. The van der Waals surface area contributed by atoms with Crippen LogP contribution in [0.4, 0.5) is 0 Å². The fraction of sp³-hybridized carbons (Fsp3) is 0.438. The molecule has 2 rings (SSSR count). The second-order valence-corrected chi connectivity index (χ2v) is 5.70. The minimum Gasteiger partial charge on any atom is -0.396 e. The Bertz CT molecular complexity index is 507. The summed E-state index contributed by atoms with van der Waals surface area (Å²) < 4.78 is 0. The van der Waals surface area contributed by atoms with Gasteiger partial charge in [-0.05, 0) is 24.9 Å². The molecule has 0 saturated carbocycles. The van der Waals surface area contributed by atoms with Crippen LogP contribution in [-0.4, -0.2) is 29.8 Å². The van der Waals surface area contributed by atoms with Crippen LogP contribution in [-0.2, 0) is 12.8 Å². The number of thiazole rings is 1. The first-order valence-corrected chi connectivity index (χ1v) is 8.06. The highest BCUT2D eigenvalue weighted by molar-refractivity contribution is 7.09. The third-order valence-corrected chi connectivity index (χ3v) is 4.15. The summed E-state index contributed by atoms with van der Waals surface area (Å²) in [6, 6.07) is 8.64. The summed E-state index contributed by atoms with van der Waals surface area (Å²) in [6.45, 7) is 4.21. The molecule has 0 atom stereocenters. The summed E-state index contributed by atoms with van der Waals surface area (Å²) in [5.74, 6) is 0. The van der Waals surface area contributed by atoms with Crippen molar-refractivity contribution in [2.75, 3.05) is 19.7 Å². The van der Waals surface area contributed by atoms with E-state index in [9.17, 15) is 0 Å². The lowest BCUT2D eigenvalue weighted by molar-refractivity contribution is 0.286. The lowest BCUT2D eigenvalue weighted by Gasteiger charge is -2.01. The minimum absolute atomic E-state index is 0.252. The molecule has 108 valence electrons. The summed E-state index contributed by atoms with van der Waals surface area (Å²) in [5.41, 5.74) is 3.62. The molecule has 2 N–H and O–H groups in total. The molecule has 0 fully saturated rings.